The van der Waals surface area contributed by atoms with Crippen LogP contribution in [0.4, 0.5) is 14.7 Å². The predicted molar refractivity (Wildman–Crippen MR) is 67.3 cm³/mol. The van der Waals surface area contributed by atoms with E-state index in [-0.39, 0.29) is 23.1 Å². The van der Waals surface area contributed by atoms with Crippen LogP contribution in [0, 0.1) is 23.0 Å². The Hall–Kier alpha value is -2.75. The second-order valence-corrected chi connectivity index (χ2v) is 3.74. The first kappa shape index (κ1) is 13.7. The van der Waals surface area contributed by atoms with Gasteiger partial charge in [0.25, 0.3) is 5.88 Å². The highest BCUT2D eigenvalue weighted by atomic mass is 19.1. The van der Waals surface area contributed by atoms with Gasteiger partial charge in [-0.15, -0.1) is 0 Å². The van der Waals surface area contributed by atoms with E-state index in [0.29, 0.717) is 6.54 Å². The molecule has 1 aromatic heterocycles. The number of anilines is 1. The molecule has 0 aliphatic rings. The summed E-state index contributed by atoms with van der Waals surface area (Å²) in [7, 11) is 0. The van der Waals surface area contributed by atoms with Crippen LogP contribution in [0.3, 0.4) is 0 Å². The summed E-state index contributed by atoms with van der Waals surface area (Å²) < 4.78 is 32.2. The van der Waals surface area contributed by atoms with Gasteiger partial charge in [-0.05, 0) is 25.1 Å². The molecule has 5 nitrogen and oxygen atoms in total. The highest BCUT2D eigenvalue weighted by Crippen LogP contribution is 2.26. The molecule has 0 saturated carbocycles. The lowest BCUT2D eigenvalue weighted by Gasteiger charge is -2.08. The molecule has 0 spiro atoms. The van der Waals surface area contributed by atoms with Crippen molar-refractivity contribution in [3.63, 3.8) is 0 Å². The van der Waals surface area contributed by atoms with Crippen LogP contribution in [0.25, 0.3) is 0 Å². The Morgan fingerprint density at radius 3 is 2.80 bits per heavy atom. The number of halogens is 2. The van der Waals surface area contributed by atoms with Gasteiger partial charge in [-0.2, -0.15) is 14.6 Å². The molecule has 0 atom stereocenters. The van der Waals surface area contributed by atoms with Crippen LogP contribution in [0.2, 0.25) is 0 Å². The van der Waals surface area contributed by atoms with Crippen molar-refractivity contribution in [2.24, 2.45) is 0 Å². The Bertz CT molecular complexity index is 670. The fourth-order valence-corrected chi connectivity index (χ4v) is 1.42. The standard InChI is InChI=1S/C13H10F2N4O/c1-2-17-13-18-7-10(15)12(19-13)20-11-4-3-8(6-16)5-9(11)14/h3-5,7H,2H2,1H3,(H,17,18,19). The van der Waals surface area contributed by atoms with Gasteiger partial charge in [0.05, 0.1) is 17.8 Å². The van der Waals surface area contributed by atoms with Gasteiger partial charge in [-0.1, -0.05) is 0 Å². The van der Waals surface area contributed by atoms with E-state index < -0.39 is 11.6 Å². The summed E-state index contributed by atoms with van der Waals surface area (Å²) in [6.07, 6.45) is 0.932. The van der Waals surface area contributed by atoms with Gasteiger partial charge in [0.1, 0.15) is 0 Å². The fourth-order valence-electron chi connectivity index (χ4n) is 1.42. The topological polar surface area (TPSA) is 70.8 Å². The zero-order valence-electron chi connectivity index (χ0n) is 10.5. The molecule has 0 aliphatic carbocycles. The fraction of sp³-hybridized carbons (Fsp3) is 0.154. The number of rotatable bonds is 4. The highest BCUT2D eigenvalue weighted by Gasteiger charge is 2.12. The van der Waals surface area contributed by atoms with Gasteiger partial charge < -0.3 is 10.1 Å². The normalized spacial score (nSPS) is 9.90. The number of benzene rings is 1. The van der Waals surface area contributed by atoms with Gasteiger partial charge in [-0.3, -0.25) is 0 Å². The number of hydrogen-bond acceptors (Lipinski definition) is 5. The molecule has 1 aromatic carbocycles. The maximum Gasteiger partial charge on any atom is 0.260 e. The van der Waals surface area contributed by atoms with E-state index in [2.05, 4.69) is 15.3 Å². The molecule has 0 radical (unpaired) electrons. The molecule has 0 bridgehead atoms. The summed E-state index contributed by atoms with van der Waals surface area (Å²) in [6, 6.07) is 5.39. The number of aromatic nitrogens is 2. The molecule has 102 valence electrons. The van der Waals surface area contributed by atoms with Crippen LogP contribution in [-0.4, -0.2) is 16.5 Å². The minimum Gasteiger partial charge on any atom is -0.433 e. The second-order valence-electron chi connectivity index (χ2n) is 3.74. The Labute approximate surface area is 113 Å². The van der Waals surface area contributed by atoms with Gasteiger partial charge in [0.15, 0.2) is 11.6 Å². The van der Waals surface area contributed by atoms with Gasteiger partial charge in [0.2, 0.25) is 11.8 Å². The first-order chi connectivity index (χ1) is 9.63. The van der Waals surface area contributed by atoms with E-state index >= 15 is 0 Å². The summed E-state index contributed by atoms with van der Waals surface area (Å²) in [5.41, 5.74) is 0.145. The molecule has 0 aliphatic heterocycles. The SMILES string of the molecule is CCNc1ncc(F)c(Oc2ccc(C#N)cc2F)n1. The third-order valence-electron chi connectivity index (χ3n) is 2.31. The Kier molecular flexibility index (Phi) is 4.05. The average molecular weight is 276 g/mol. The zero-order valence-corrected chi connectivity index (χ0v) is 10.5. The van der Waals surface area contributed by atoms with E-state index in [1.54, 1.807) is 6.07 Å². The van der Waals surface area contributed by atoms with Crippen molar-refractivity contribution in [3.8, 4) is 17.7 Å². The van der Waals surface area contributed by atoms with Crippen LogP contribution in [0.15, 0.2) is 24.4 Å². The molecule has 7 heteroatoms. The van der Waals surface area contributed by atoms with Crippen LogP contribution >= 0.6 is 0 Å². The summed E-state index contributed by atoms with van der Waals surface area (Å²) >= 11 is 0. The Balaban J connectivity index is 2.30. The van der Waals surface area contributed by atoms with Crippen molar-refractivity contribution in [1.29, 1.82) is 5.26 Å². The van der Waals surface area contributed by atoms with E-state index in [1.165, 1.54) is 12.1 Å². The monoisotopic (exact) mass is 276 g/mol. The third kappa shape index (κ3) is 2.98. The molecule has 1 N–H and O–H groups in total. The van der Waals surface area contributed by atoms with Crippen molar-refractivity contribution >= 4 is 5.95 Å². The lowest BCUT2D eigenvalue weighted by molar-refractivity contribution is 0.397. The maximum absolute atomic E-state index is 13.6. The van der Waals surface area contributed by atoms with Crippen molar-refractivity contribution in [1.82, 2.24) is 9.97 Å². The molecule has 0 amide bonds. The van der Waals surface area contributed by atoms with Crippen molar-refractivity contribution in [3.05, 3.63) is 41.6 Å². The summed E-state index contributed by atoms with van der Waals surface area (Å²) in [5.74, 6) is -2.01. The predicted octanol–water partition coefficient (Wildman–Crippen LogP) is 2.85. The number of nitriles is 1. The first-order valence-electron chi connectivity index (χ1n) is 5.78. The summed E-state index contributed by atoms with van der Waals surface area (Å²) in [5, 5.41) is 11.4. The Morgan fingerprint density at radius 1 is 1.35 bits per heavy atom. The molecule has 2 rings (SSSR count). The van der Waals surface area contributed by atoms with E-state index in [9.17, 15) is 8.78 Å². The number of ether oxygens (including phenoxy) is 1. The van der Waals surface area contributed by atoms with E-state index in [1.807, 2.05) is 6.92 Å². The van der Waals surface area contributed by atoms with Crippen molar-refractivity contribution < 1.29 is 13.5 Å². The van der Waals surface area contributed by atoms with Crippen LogP contribution in [0.5, 0.6) is 11.6 Å². The molecule has 2 aromatic rings. The van der Waals surface area contributed by atoms with Crippen LogP contribution < -0.4 is 10.1 Å². The average Bonchev–Trinajstić information content (AvgIpc) is 2.44. The first-order valence-corrected chi connectivity index (χ1v) is 5.78. The molecule has 0 fully saturated rings. The minimum absolute atomic E-state index is 0.145. The summed E-state index contributed by atoms with van der Waals surface area (Å²) in [4.78, 5) is 7.50. The lowest BCUT2D eigenvalue weighted by Crippen LogP contribution is -2.04. The number of nitrogens with zero attached hydrogens (tertiary/aromatic N) is 3. The maximum atomic E-state index is 13.6. The highest BCUT2D eigenvalue weighted by molar-refractivity contribution is 5.38. The van der Waals surface area contributed by atoms with Gasteiger partial charge >= 0.3 is 0 Å². The number of hydrogen-bond donors (Lipinski definition) is 1. The summed E-state index contributed by atoms with van der Waals surface area (Å²) in [6.45, 7) is 2.38. The molecule has 20 heavy (non-hydrogen) atoms. The number of nitrogens with one attached hydrogen (secondary N) is 1. The second kappa shape index (κ2) is 5.93. The zero-order chi connectivity index (χ0) is 14.5. The Morgan fingerprint density at radius 2 is 2.15 bits per heavy atom. The molecular formula is C13H10F2N4O. The molecular weight excluding hydrogens is 266 g/mol. The van der Waals surface area contributed by atoms with E-state index in [0.717, 1.165) is 12.3 Å². The lowest BCUT2D eigenvalue weighted by atomic mass is 10.2. The van der Waals surface area contributed by atoms with Gasteiger partial charge in [0, 0.05) is 6.54 Å². The smallest absolute Gasteiger partial charge is 0.260 e. The van der Waals surface area contributed by atoms with Gasteiger partial charge in [-0.25, -0.2) is 9.37 Å². The third-order valence-corrected chi connectivity index (χ3v) is 2.31. The molecule has 0 unspecified atom stereocenters. The molecule has 0 saturated heterocycles. The minimum atomic E-state index is -0.810. The quantitative estimate of drug-likeness (QED) is 0.929. The molecule has 1 heterocycles. The van der Waals surface area contributed by atoms with Crippen LogP contribution in [0.1, 0.15) is 12.5 Å². The van der Waals surface area contributed by atoms with Crippen LogP contribution in [-0.2, 0) is 0 Å². The van der Waals surface area contributed by atoms with Crippen molar-refractivity contribution in [2.75, 3.05) is 11.9 Å². The largest absolute Gasteiger partial charge is 0.433 e. The van der Waals surface area contributed by atoms with Crippen molar-refractivity contribution in [2.45, 2.75) is 6.92 Å². The van der Waals surface area contributed by atoms with E-state index in [4.69, 9.17) is 10.00 Å².